The van der Waals surface area contributed by atoms with E-state index in [4.69, 9.17) is 9.05 Å². The highest BCUT2D eigenvalue weighted by Gasteiger charge is 2.27. The first-order chi connectivity index (χ1) is 30.5. The molecule has 0 rings (SSSR count). The highest BCUT2D eigenvalue weighted by atomic mass is 31.2. The van der Waals surface area contributed by atoms with Gasteiger partial charge in [-0.1, -0.05) is 264 Å². The number of phosphoric acid groups is 1. The van der Waals surface area contributed by atoms with Gasteiger partial charge in [-0.25, -0.2) is 4.57 Å². The average Bonchev–Trinajstić information content (AvgIpc) is 3.24. The lowest BCUT2D eigenvalue weighted by atomic mass is 10.0. The Morgan fingerprint density at radius 1 is 0.524 bits per heavy atom. The Morgan fingerprint density at radius 2 is 0.841 bits per heavy atom. The summed E-state index contributed by atoms with van der Waals surface area (Å²) in [6.07, 6.45) is 56.0. The van der Waals surface area contributed by atoms with Gasteiger partial charge in [-0.2, -0.15) is 0 Å². The summed E-state index contributed by atoms with van der Waals surface area (Å²) < 4.78 is 23.7. The number of phosphoric ester groups is 1. The van der Waals surface area contributed by atoms with E-state index in [9.17, 15) is 19.4 Å². The fourth-order valence-electron chi connectivity index (χ4n) is 8.40. The predicted octanol–water partition coefficient (Wildman–Crippen LogP) is 16.3. The van der Waals surface area contributed by atoms with Gasteiger partial charge in [0.2, 0.25) is 5.91 Å². The zero-order chi connectivity index (χ0) is 46.4. The maximum Gasteiger partial charge on any atom is 0.472 e. The molecule has 0 spiro atoms. The van der Waals surface area contributed by atoms with Crippen LogP contribution in [0.15, 0.2) is 12.2 Å². The Kier molecular flexibility index (Phi) is 45.8. The fraction of sp³-hybridized carbons (Fsp3) is 0.944. The normalized spacial score (nSPS) is 14.1. The van der Waals surface area contributed by atoms with E-state index in [-0.39, 0.29) is 19.1 Å². The van der Waals surface area contributed by atoms with Crippen molar-refractivity contribution in [3.63, 3.8) is 0 Å². The summed E-state index contributed by atoms with van der Waals surface area (Å²) in [7, 11) is 1.59. The van der Waals surface area contributed by atoms with Gasteiger partial charge in [-0.3, -0.25) is 13.8 Å². The molecule has 0 bridgehead atoms. The van der Waals surface area contributed by atoms with E-state index in [1.54, 1.807) is 6.08 Å². The molecule has 0 aromatic rings. The van der Waals surface area contributed by atoms with E-state index in [0.29, 0.717) is 17.4 Å². The predicted molar refractivity (Wildman–Crippen MR) is 272 cm³/mol. The molecule has 0 aliphatic carbocycles. The molecule has 1 amide bonds. The van der Waals surface area contributed by atoms with Gasteiger partial charge in [0.15, 0.2) is 0 Å². The minimum atomic E-state index is -4.34. The Labute approximate surface area is 392 Å². The van der Waals surface area contributed by atoms with Crippen molar-refractivity contribution in [3.05, 3.63) is 12.2 Å². The van der Waals surface area contributed by atoms with E-state index in [2.05, 4.69) is 19.2 Å². The van der Waals surface area contributed by atoms with Crippen LogP contribution in [0, 0.1) is 0 Å². The van der Waals surface area contributed by atoms with Crippen molar-refractivity contribution in [1.82, 2.24) is 5.32 Å². The standard InChI is InChI=1S/C54H109N2O6P/c1-6-8-10-12-14-16-18-20-21-22-23-24-25-26-27-28-29-30-31-32-33-34-36-37-39-41-43-45-47-53(57)52(51-62-63(59,60)61-50-49-56(3,4)5)55-54(58)48-46-44-42-40-38-35-19-17-15-13-11-9-7-2/h45,47,52-53,57H,6-44,46,48-51H2,1-5H3,(H-,55,58,59,60)/p+1/b47-45+. The monoisotopic (exact) mass is 914 g/mol. The van der Waals surface area contributed by atoms with Crippen molar-refractivity contribution < 1.29 is 32.9 Å². The molecule has 8 nitrogen and oxygen atoms in total. The lowest BCUT2D eigenvalue weighted by molar-refractivity contribution is -0.870. The molecule has 0 radical (unpaired) electrons. The molecule has 0 saturated heterocycles. The molecule has 376 valence electrons. The van der Waals surface area contributed by atoms with Crippen LogP contribution in [0.2, 0.25) is 0 Å². The molecule has 0 aliphatic rings. The molecule has 3 unspecified atom stereocenters. The molecule has 63 heavy (non-hydrogen) atoms. The highest BCUT2D eigenvalue weighted by molar-refractivity contribution is 7.47. The number of carbonyl (C=O) groups excluding carboxylic acids is 1. The Bertz CT molecular complexity index is 1040. The maximum atomic E-state index is 12.9. The molecular weight excluding hydrogens is 804 g/mol. The van der Waals surface area contributed by atoms with E-state index >= 15 is 0 Å². The summed E-state index contributed by atoms with van der Waals surface area (Å²) in [5.41, 5.74) is 0. The fourth-order valence-corrected chi connectivity index (χ4v) is 9.13. The highest BCUT2D eigenvalue weighted by Crippen LogP contribution is 2.43. The SMILES string of the molecule is CCCCCCCCCCCCCCCCCCCCCCCCCCCC/C=C/C(O)C(COP(=O)(O)OCC[N+](C)(C)C)NC(=O)CCCCCCCCCCCCCCC. The summed E-state index contributed by atoms with van der Waals surface area (Å²) in [6.45, 7) is 4.85. The molecule has 0 saturated carbocycles. The zero-order valence-corrected chi connectivity index (χ0v) is 43.7. The number of nitrogens with one attached hydrogen (secondary N) is 1. The van der Waals surface area contributed by atoms with Gasteiger partial charge < -0.3 is 19.8 Å². The molecule has 0 aliphatic heterocycles. The van der Waals surface area contributed by atoms with Crippen molar-refractivity contribution in [2.24, 2.45) is 0 Å². The van der Waals surface area contributed by atoms with Gasteiger partial charge in [0.05, 0.1) is 39.9 Å². The summed E-state index contributed by atoms with van der Waals surface area (Å²) in [5, 5.41) is 13.9. The minimum absolute atomic E-state index is 0.0649. The molecule has 9 heteroatoms. The number of hydrogen-bond acceptors (Lipinski definition) is 5. The number of rotatable bonds is 51. The number of quaternary nitrogens is 1. The van der Waals surface area contributed by atoms with Crippen LogP contribution in [0.1, 0.15) is 277 Å². The Balaban J connectivity index is 4.11. The van der Waals surface area contributed by atoms with Crippen LogP contribution >= 0.6 is 7.82 Å². The van der Waals surface area contributed by atoms with E-state index in [0.717, 1.165) is 32.1 Å². The van der Waals surface area contributed by atoms with Crippen LogP contribution in [0.25, 0.3) is 0 Å². The van der Waals surface area contributed by atoms with Crippen molar-refractivity contribution in [3.8, 4) is 0 Å². The second-order valence-electron chi connectivity index (χ2n) is 20.3. The lowest BCUT2D eigenvalue weighted by Gasteiger charge is -2.25. The van der Waals surface area contributed by atoms with Crippen LogP contribution in [0.4, 0.5) is 0 Å². The van der Waals surface area contributed by atoms with E-state index in [1.165, 1.54) is 225 Å². The third-order valence-electron chi connectivity index (χ3n) is 12.8. The molecular formula is C54H110N2O6P+. The first-order valence-corrected chi connectivity index (χ1v) is 29.1. The number of unbranched alkanes of at least 4 members (excludes halogenated alkanes) is 38. The summed E-state index contributed by atoms with van der Waals surface area (Å²) in [5.74, 6) is -0.173. The number of aliphatic hydroxyl groups excluding tert-OH is 1. The number of aliphatic hydroxyl groups is 1. The first kappa shape index (κ1) is 62.2. The van der Waals surface area contributed by atoms with Crippen molar-refractivity contribution in [2.75, 3.05) is 40.9 Å². The van der Waals surface area contributed by atoms with Crippen LogP contribution in [-0.2, 0) is 18.4 Å². The van der Waals surface area contributed by atoms with Gasteiger partial charge in [-0.15, -0.1) is 0 Å². The largest absolute Gasteiger partial charge is 0.472 e. The molecule has 0 fully saturated rings. The summed E-state index contributed by atoms with van der Waals surface area (Å²) in [4.78, 5) is 23.2. The van der Waals surface area contributed by atoms with E-state index < -0.39 is 20.0 Å². The first-order valence-electron chi connectivity index (χ1n) is 27.6. The Morgan fingerprint density at radius 3 is 1.17 bits per heavy atom. The second kappa shape index (κ2) is 46.4. The van der Waals surface area contributed by atoms with Gasteiger partial charge >= 0.3 is 7.82 Å². The quantitative estimate of drug-likeness (QED) is 0.0243. The maximum absolute atomic E-state index is 12.9. The molecule has 3 atom stereocenters. The average molecular weight is 914 g/mol. The third kappa shape index (κ3) is 49.0. The van der Waals surface area contributed by atoms with Gasteiger partial charge in [-0.05, 0) is 19.3 Å². The molecule has 0 heterocycles. The number of carbonyl (C=O) groups is 1. The molecule has 3 N–H and O–H groups in total. The Hall–Kier alpha value is -0.760. The minimum Gasteiger partial charge on any atom is -0.387 e. The molecule has 0 aromatic carbocycles. The summed E-state index contributed by atoms with van der Waals surface area (Å²) in [6, 6.07) is -0.841. The van der Waals surface area contributed by atoms with Crippen molar-refractivity contribution in [1.29, 1.82) is 0 Å². The van der Waals surface area contributed by atoms with Crippen LogP contribution in [-0.4, -0.2) is 73.4 Å². The number of likely N-dealkylation sites (N-methyl/N-ethyl adjacent to an activating group) is 1. The van der Waals surface area contributed by atoms with Crippen molar-refractivity contribution in [2.45, 2.75) is 289 Å². The van der Waals surface area contributed by atoms with Crippen molar-refractivity contribution >= 4 is 13.7 Å². The topological polar surface area (TPSA) is 105 Å². The smallest absolute Gasteiger partial charge is 0.387 e. The number of amides is 1. The number of nitrogens with zero attached hydrogens (tertiary/aromatic N) is 1. The van der Waals surface area contributed by atoms with Crippen LogP contribution < -0.4 is 5.32 Å². The van der Waals surface area contributed by atoms with Crippen LogP contribution in [0.5, 0.6) is 0 Å². The van der Waals surface area contributed by atoms with Gasteiger partial charge in [0, 0.05) is 6.42 Å². The third-order valence-corrected chi connectivity index (χ3v) is 13.7. The van der Waals surface area contributed by atoms with E-state index in [1.807, 2.05) is 27.2 Å². The summed E-state index contributed by atoms with van der Waals surface area (Å²) >= 11 is 0. The van der Waals surface area contributed by atoms with Gasteiger partial charge in [0.25, 0.3) is 0 Å². The lowest BCUT2D eigenvalue weighted by Crippen LogP contribution is -2.45. The number of allylic oxidation sites excluding steroid dienone is 1. The second-order valence-corrected chi connectivity index (χ2v) is 21.8. The van der Waals surface area contributed by atoms with Crippen LogP contribution in [0.3, 0.4) is 0 Å². The number of hydrogen-bond donors (Lipinski definition) is 3. The zero-order valence-electron chi connectivity index (χ0n) is 42.8. The molecule has 0 aromatic heterocycles. The van der Waals surface area contributed by atoms with Gasteiger partial charge in [0.1, 0.15) is 13.2 Å².